The normalized spacial score (nSPS) is 14.8. The SMILES string of the molecule is COC[C@H](C)NC(=O)c1c[nH]c2ncc(-c3cn(C)nc3C)nc12.Cc1nn(C)cc1-c1cnc2c(n1)c(C(=O)O)cn2COCC[Si](C)(C)C.Cc1nn(C)cc1B1OC(C)(C)C(C)(C)O1. The van der Waals surface area contributed by atoms with Crippen LogP contribution in [0.3, 0.4) is 0 Å². The second-order valence-electron chi connectivity index (χ2n) is 19.1. The molecule has 22 heteroatoms. The van der Waals surface area contributed by atoms with Crippen molar-refractivity contribution in [2.45, 2.75) is 105 Å². The van der Waals surface area contributed by atoms with Crippen molar-refractivity contribution in [3.05, 3.63) is 71.6 Å². The Balaban J connectivity index is 0.000000171. The van der Waals surface area contributed by atoms with E-state index in [0.29, 0.717) is 52.5 Å². The van der Waals surface area contributed by atoms with Crippen molar-refractivity contribution >= 4 is 54.9 Å². The number of aromatic carboxylic acids is 1. The molecule has 0 radical (unpaired) electrons. The van der Waals surface area contributed by atoms with Gasteiger partial charge in [-0.25, -0.2) is 24.7 Å². The van der Waals surface area contributed by atoms with E-state index in [1.54, 1.807) is 50.5 Å². The van der Waals surface area contributed by atoms with Gasteiger partial charge in [0.1, 0.15) is 23.3 Å². The number of carbonyl (C=O) groups is 2. The largest absolute Gasteiger partial charge is 0.498 e. The number of methoxy groups -OCH3 is 1. The lowest BCUT2D eigenvalue weighted by molar-refractivity contribution is 0.00578. The molecule has 1 aliphatic heterocycles. The van der Waals surface area contributed by atoms with Crippen LogP contribution in [-0.2, 0) is 46.7 Å². The Kier molecular flexibility index (Phi) is 15.1. The molecule has 0 spiro atoms. The molecule has 1 saturated heterocycles. The molecule has 8 heterocycles. The third-order valence-corrected chi connectivity index (χ3v) is 13.3. The van der Waals surface area contributed by atoms with E-state index in [1.165, 1.54) is 0 Å². The molecule has 20 nitrogen and oxygen atoms in total. The average Bonchev–Trinajstić information content (AvgIpc) is 4.07. The van der Waals surface area contributed by atoms with Crippen molar-refractivity contribution in [1.82, 2.24) is 64.1 Å². The van der Waals surface area contributed by atoms with Gasteiger partial charge in [0.05, 0.1) is 64.2 Å². The number of aromatic amines is 1. The van der Waals surface area contributed by atoms with Gasteiger partial charge < -0.3 is 38.8 Å². The summed E-state index contributed by atoms with van der Waals surface area (Å²) in [6.07, 6.45) is 12.2. The fourth-order valence-electron chi connectivity index (χ4n) is 7.29. The molecule has 0 aromatic carbocycles. The summed E-state index contributed by atoms with van der Waals surface area (Å²) >= 11 is 0. The standard InChI is InChI=1S/C18H25N5O3Si.C16H20N6O2.C11H19BN2O2/c1-12-13(9-22(2)21-12)15-8-19-17-16(20-15)14(18(24)25)10-23(17)11-26-6-7-27(3,4)5;1-9(8-24-4)19-16(23)11-5-17-15-14(11)20-13(6-18-15)12-7-22(3)21-10(12)2;1-8-9(7-14(6)13-8)12-15-10(2,3)11(4,5)16-12/h8-10H,6-7,11H2,1-5H3,(H,24,25);5-7,9H,8H2,1-4H3,(H,17,18)(H,19,23);7H,1-6H3/t;9-;/m.0./s1. The van der Waals surface area contributed by atoms with Crippen LogP contribution in [0.25, 0.3) is 44.8 Å². The lowest BCUT2D eigenvalue weighted by Crippen LogP contribution is -2.41. The molecule has 1 fully saturated rings. The molecule has 67 heavy (non-hydrogen) atoms. The number of nitrogens with one attached hydrogen (secondary N) is 2. The Morgan fingerprint density at radius 2 is 1.39 bits per heavy atom. The number of ether oxygens (including phenoxy) is 2. The maximum absolute atomic E-state index is 12.5. The van der Waals surface area contributed by atoms with E-state index in [0.717, 1.165) is 39.7 Å². The van der Waals surface area contributed by atoms with Crippen molar-refractivity contribution < 1.29 is 33.5 Å². The minimum absolute atomic E-state index is 0.0934. The molecule has 358 valence electrons. The Labute approximate surface area is 392 Å². The zero-order valence-corrected chi connectivity index (χ0v) is 42.3. The lowest BCUT2D eigenvalue weighted by atomic mass is 9.79. The maximum atomic E-state index is 12.5. The van der Waals surface area contributed by atoms with Crippen molar-refractivity contribution in [3.8, 4) is 22.5 Å². The van der Waals surface area contributed by atoms with Gasteiger partial charge >= 0.3 is 13.1 Å². The summed E-state index contributed by atoms with van der Waals surface area (Å²) in [5.74, 6) is -1.24. The first kappa shape index (κ1) is 50.3. The highest BCUT2D eigenvalue weighted by Gasteiger charge is 2.52. The molecular formula is C45H64BN13O7Si. The van der Waals surface area contributed by atoms with E-state index in [4.69, 9.17) is 18.8 Å². The number of hydrogen-bond acceptors (Lipinski definition) is 13. The van der Waals surface area contributed by atoms with Crippen LogP contribution >= 0.6 is 0 Å². The number of hydrogen-bond donors (Lipinski definition) is 3. The monoisotopic (exact) mass is 937 g/mol. The van der Waals surface area contributed by atoms with Crippen LogP contribution in [0.5, 0.6) is 0 Å². The van der Waals surface area contributed by atoms with Crippen molar-refractivity contribution in [2.24, 2.45) is 21.1 Å². The minimum Gasteiger partial charge on any atom is -0.478 e. The fourth-order valence-corrected chi connectivity index (χ4v) is 8.04. The summed E-state index contributed by atoms with van der Waals surface area (Å²) in [5, 5.41) is 25.4. The maximum Gasteiger partial charge on any atom is 0.498 e. The molecule has 1 amide bonds. The highest BCUT2D eigenvalue weighted by molar-refractivity contribution is 6.76. The van der Waals surface area contributed by atoms with Crippen LogP contribution in [0, 0.1) is 20.8 Å². The molecule has 7 aromatic rings. The van der Waals surface area contributed by atoms with Gasteiger partial charge in [0.25, 0.3) is 5.91 Å². The van der Waals surface area contributed by atoms with E-state index >= 15 is 0 Å². The summed E-state index contributed by atoms with van der Waals surface area (Å²) in [6, 6.07) is 0.956. The highest BCUT2D eigenvalue weighted by Crippen LogP contribution is 2.36. The Morgan fingerprint density at radius 1 is 0.836 bits per heavy atom. The molecule has 1 aliphatic rings. The quantitative estimate of drug-likeness (QED) is 0.0944. The average molecular weight is 938 g/mol. The summed E-state index contributed by atoms with van der Waals surface area (Å²) in [6.45, 7) is 24.1. The fraction of sp³-hybridized carbons (Fsp3) is 0.489. The Bertz CT molecular complexity index is 2860. The van der Waals surface area contributed by atoms with Crippen molar-refractivity contribution in [3.63, 3.8) is 0 Å². The summed E-state index contributed by atoms with van der Waals surface area (Å²) in [5.41, 5.74) is 8.65. The zero-order valence-electron chi connectivity index (χ0n) is 41.3. The minimum atomic E-state index is -1.17. The van der Waals surface area contributed by atoms with Gasteiger partial charge in [-0.15, -0.1) is 0 Å². The van der Waals surface area contributed by atoms with Gasteiger partial charge in [-0.2, -0.15) is 15.3 Å². The number of nitrogens with zero attached hydrogens (tertiary/aromatic N) is 11. The molecule has 1 atom stereocenters. The number of rotatable bonds is 13. The molecule has 0 unspecified atom stereocenters. The molecule has 0 bridgehead atoms. The van der Waals surface area contributed by atoms with E-state index in [-0.39, 0.29) is 42.6 Å². The van der Waals surface area contributed by atoms with E-state index in [9.17, 15) is 14.7 Å². The van der Waals surface area contributed by atoms with E-state index in [2.05, 4.69) is 92.9 Å². The number of H-pyrrole nitrogens is 1. The van der Waals surface area contributed by atoms with Crippen molar-refractivity contribution in [2.75, 3.05) is 20.3 Å². The summed E-state index contributed by atoms with van der Waals surface area (Å²) in [4.78, 5) is 45.1. The Morgan fingerprint density at radius 3 is 1.90 bits per heavy atom. The first-order chi connectivity index (χ1) is 31.4. The highest BCUT2D eigenvalue weighted by atomic mass is 28.3. The number of fused-ring (bicyclic) bond motifs is 2. The Hall–Kier alpha value is -6.07. The molecule has 3 N–H and O–H groups in total. The van der Waals surface area contributed by atoms with Crippen LogP contribution in [0.4, 0.5) is 0 Å². The molecule has 0 saturated carbocycles. The predicted molar refractivity (Wildman–Crippen MR) is 259 cm³/mol. The topological polar surface area (TPSA) is 229 Å². The molecule has 7 aromatic heterocycles. The number of amides is 1. The van der Waals surface area contributed by atoms with Gasteiger partial charge in [-0.3, -0.25) is 18.8 Å². The lowest BCUT2D eigenvalue weighted by Gasteiger charge is -2.32. The summed E-state index contributed by atoms with van der Waals surface area (Å²) in [7, 11) is 5.71. The van der Waals surface area contributed by atoms with Gasteiger partial charge in [0, 0.05) is 96.5 Å². The van der Waals surface area contributed by atoms with E-state index < -0.39 is 14.0 Å². The van der Waals surface area contributed by atoms with Crippen LogP contribution in [0.1, 0.15) is 72.4 Å². The van der Waals surface area contributed by atoms with Crippen LogP contribution < -0.4 is 10.8 Å². The van der Waals surface area contributed by atoms with Crippen LogP contribution in [-0.4, -0.2) is 129 Å². The first-order valence-corrected chi connectivity index (χ1v) is 25.8. The molecular weight excluding hydrogens is 873 g/mol. The van der Waals surface area contributed by atoms with Gasteiger partial charge in [0.15, 0.2) is 11.3 Å². The molecule has 8 rings (SSSR count). The van der Waals surface area contributed by atoms with Gasteiger partial charge in [-0.1, -0.05) is 19.6 Å². The van der Waals surface area contributed by atoms with Crippen molar-refractivity contribution in [1.29, 1.82) is 0 Å². The third-order valence-electron chi connectivity index (χ3n) is 11.6. The summed E-state index contributed by atoms with van der Waals surface area (Å²) < 4.78 is 29.7. The predicted octanol–water partition coefficient (Wildman–Crippen LogP) is 5.61. The second kappa shape index (κ2) is 20.0. The smallest absolute Gasteiger partial charge is 0.478 e. The molecule has 0 aliphatic carbocycles. The number of aryl methyl sites for hydroxylation is 6. The number of aromatic nitrogens is 12. The number of carboxylic acid groups (broad SMARTS) is 1. The zero-order chi connectivity index (χ0) is 49.2. The van der Waals surface area contributed by atoms with Crippen LogP contribution in [0.15, 0.2) is 43.4 Å². The van der Waals surface area contributed by atoms with E-state index in [1.807, 2.05) is 67.4 Å². The van der Waals surface area contributed by atoms with Gasteiger partial charge in [-0.05, 0) is 61.4 Å². The third kappa shape index (κ3) is 11.7. The first-order valence-electron chi connectivity index (χ1n) is 22.1. The second-order valence-corrected chi connectivity index (χ2v) is 24.7. The number of carbonyl (C=O) groups excluding carboxylic acids is 1. The number of carboxylic acids is 1. The van der Waals surface area contributed by atoms with Gasteiger partial charge in [0.2, 0.25) is 0 Å². The van der Waals surface area contributed by atoms with Crippen LogP contribution in [0.2, 0.25) is 25.7 Å².